The van der Waals surface area contributed by atoms with Gasteiger partial charge in [0.2, 0.25) is 0 Å². The third-order valence-corrected chi connectivity index (χ3v) is 4.21. The van der Waals surface area contributed by atoms with Crippen LogP contribution in [0.1, 0.15) is 32.6 Å². The van der Waals surface area contributed by atoms with E-state index in [1.807, 2.05) is 6.26 Å². The molecule has 1 rings (SSSR count). The van der Waals surface area contributed by atoms with Crippen molar-refractivity contribution < 1.29 is 14.7 Å². The van der Waals surface area contributed by atoms with Crippen molar-refractivity contribution in [3.05, 3.63) is 0 Å². The number of amides is 2. The third-order valence-electron chi connectivity index (χ3n) is 3.57. The molecular formula is C13H24N2O3S. The second-order valence-corrected chi connectivity index (χ2v) is 6.30. The quantitative estimate of drug-likeness (QED) is 0.669. The predicted molar refractivity (Wildman–Crippen MR) is 77.5 cm³/mol. The van der Waals surface area contributed by atoms with Gasteiger partial charge in [-0.1, -0.05) is 13.3 Å². The normalized spacial score (nSPS) is 23.9. The van der Waals surface area contributed by atoms with Crippen LogP contribution >= 0.6 is 11.8 Å². The van der Waals surface area contributed by atoms with E-state index >= 15 is 0 Å². The molecule has 0 aromatic rings. The highest BCUT2D eigenvalue weighted by Crippen LogP contribution is 2.29. The molecule has 3 unspecified atom stereocenters. The van der Waals surface area contributed by atoms with E-state index in [0.717, 1.165) is 24.5 Å². The molecule has 1 fully saturated rings. The zero-order valence-corrected chi connectivity index (χ0v) is 12.5. The van der Waals surface area contributed by atoms with Gasteiger partial charge in [-0.05, 0) is 43.1 Å². The molecule has 5 nitrogen and oxygen atoms in total. The van der Waals surface area contributed by atoms with Crippen molar-refractivity contribution in [1.29, 1.82) is 0 Å². The summed E-state index contributed by atoms with van der Waals surface area (Å²) in [5.74, 6) is 1.02. The summed E-state index contributed by atoms with van der Waals surface area (Å²) < 4.78 is 0. The number of urea groups is 1. The summed E-state index contributed by atoms with van der Waals surface area (Å²) in [5.41, 5.74) is 0. The van der Waals surface area contributed by atoms with E-state index in [-0.39, 0.29) is 6.03 Å². The Morgan fingerprint density at radius 3 is 2.68 bits per heavy atom. The first-order chi connectivity index (χ1) is 9.02. The number of hydrogen-bond donors (Lipinski definition) is 3. The van der Waals surface area contributed by atoms with Gasteiger partial charge in [-0.15, -0.1) is 0 Å². The number of thioether (sulfide) groups is 1. The molecule has 0 aliphatic heterocycles. The molecule has 0 spiro atoms. The van der Waals surface area contributed by atoms with Crippen molar-refractivity contribution in [3.63, 3.8) is 0 Å². The van der Waals surface area contributed by atoms with Gasteiger partial charge in [0.15, 0.2) is 0 Å². The molecule has 6 heteroatoms. The first-order valence-corrected chi connectivity index (χ1v) is 8.18. The third kappa shape index (κ3) is 6.18. The van der Waals surface area contributed by atoms with Crippen LogP contribution in [0.3, 0.4) is 0 Å². The van der Waals surface area contributed by atoms with E-state index in [1.54, 1.807) is 11.8 Å². The highest BCUT2D eigenvalue weighted by Gasteiger charge is 2.23. The van der Waals surface area contributed by atoms with Gasteiger partial charge in [-0.25, -0.2) is 9.59 Å². The number of carboxylic acids is 1. The number of rotatable bonds is 7. The zero-order chi connectivity index (χ0) is 14.3. The minimum absolute atomic E-state index is 0.368. The lowest BCUT2D eigenvalue weighted by atomic mass is 10.1. The Labute approximate surface area is 118 Å². The second kappa shape index (κ2) is 8.30. The Kier molecular flexibility index (Phi) is 7.05. The molecule has 3 atom stereocenters. The maximum Gasteiger partial charge on any atom is 0.326 e. The number of hydrogen-bond acceptors (Lipinski definition) is 3. The highest BCUT2D eigenvalue weighted by atomic mass is 32.2. The highest BCUT2D eigenvalue weighted by molar-refractivity contribution is 7.98. The van der Waals surface area contributed by atoms with Crippen LogP contribution in [0.4, 0.5) is 4.79 Å². The van der Waals surface area contributed by atoms with Gasteiger partial charge in [0.25, 0.3) is 0 Å². The molecule has 0 radical (unpaired) electrons. The molecule has 19 heavy (non-hydrogen) atoms. The van der Waals surface area contributed by atoms with Crippen molar-refractivity contribution in [2.24, 2.45) is 11.8 Å². The van der Waals surface area contributed by atoms with E-state index in [1.165, 1.54) is 6.42 Å². The zero-order valence-electron chi connectivity index (χ0n) is 11.6. The topological polar surface area (TPSA) is 78.4 Å². The fraction of sp³-hybridized carbons (Fsp3) is 0.846. The molecule has 0 heterocycles. The van der Waals surface area contributed by atoms with Crippen molar-refractivity contribution in [1.82, 2.24) is 10.6 Å². The fourth-order valence-corrected chi connectivity index (χ4v) is 2.92. The number of aliphatic carboxylic acids is 1. The molecule has 0 aromatic carbocycles. The minimum atomic E-state index is -0.973. The lowest BCUT2D eigenvalue weighted by Crippen LogP contribution is -2.47. The summed E-state index contributed by atoms with van der Waals surface area (Å²) in [6, 6.07) is -1.16. The Hall–Kier alpha value is -0.910. The summed E-state index contributed by atoms with van der Waals surface area (Å²) in [4.78, 5) is 22.7. The number of carbonyl (C=O) groups is 2. The monoisotopic (exact) mass is 288 g/mol. The second-order valence-electron chi connectivity index (χ2n) is 5.31. The molecule has 0 aromatic heterocycles. The molecule has 0 bridgehead atoms. The van der Waals surface area contributed by atoms with Gasteiger partial charge in [0, 0.05) is 6.54 Å². The van der Waals surface area contributed by atoms with Crippen molar-refractivity contribution in [3.8, 4) is 0 Å². The minimum Gasteiger partial charge on any atom is -0.480 e. The average molecular weight is 288 g/mol. The lowest BCUT2D eigenvalue weighted by molar-refractivity contribution is -0.139. The average Bonchev–Trinajstić information content (AvgIpc) is 2.77. The maximum absolute atomic E-state index is 11.7. The summed E-state index contributed by atoms with van der Waals surface area (Å²) in [5, 5.41) is 14.3. The lowest BCUT2D eigenvalue weighted by Gasteiger charge is -2.16. The van der Waals surface area contributed by atoms with Gasteiger partial charge in [0.1, 0.15) is 6.04 Å². The van der Waals surface area contributed by atoms with E-state index in [9.17, 15) is 9.59 Å². The van der Waals surface area contributed by atoms with E-state index < -0.39 is 12.0 Å². The van der Waals surface area contributed by atoms with Gasteiger partial charge in [0.05, 0.1) is 0 Å². The van der Waals surface area contributed by atoms with Crippen LogP contribution in [0.25, 0.3) is 0 Å². The first kappa shape index (κ1) is 16.1. The Balaban J connectivity index is 2.26. The first-order valence-electron chi connectivity index (χ1n) is 6.79. The van der Waals surface area contributed by atoms with Gasteiger partial charge in [-0.3, -0.25) is 0 Å². The predicted octanol–water partition coefficient (Wildman–Crippen LogP) is 1.93. The molecular weight excluding hydrogens is 264 g/mol. The van der Waals surface area contributed by atoms with Crippen LogP contribution in [-0.4, -0.2) is 41.7 Å². The Morgan fingerprint density at radius 1 is 1.42 bits per heavy atom. The standard InChI is InChI=1S/C13H24N2O3S/c1-9-3-4-10(7-9)8-14-13(18)15-11(12(16)17)5-6-19-2/h9-11H,3-8H2,1-2H3,(H,16,17)(H2,14,15,18). The summed E-state index contributed by atoms with van der Waals surface area (Å²) in [6.45, 7) is 2.87. The molecule has 1 aliphatic rings. The molecule has 110 valence electrons. The molecule has 0 saturated heterocycles. The van der Waals surface area contributed by atoms with Crippen LogP contribution in [0.2, 0.25) is 0 Å². The Bertz CT molecular complexity index is 312. The van der Waals surface area contributed by atoms with Crippen LogP contribution in [0.5, 0.6) is 0 Å². The van der Waals surface area contributed by atoms with Gasteiger partial charge >= 0.3 is 12.0 Å². The summed E-state index contributed by atoms with van der Waals surface area (Å²) >= 11 is 1.57. The van der Waals surface area contributed by atoms with E-state index in [4.69, 9.17) is 5.11 Å². The smallest absolute Gasteiger partial charge is 0.326 e. The van der Waals surface area contributed by atoms with Gasteiger partial charge in [-0.2, -0.15) is 11.8 Å². The summed E-state index contributed by atoms with van der Waals surface area (Å²) in [6.07, 6.45) is 5.88. The SMILES string of the molecule is CSCCC(NC(=O)NCC1CCC(C)C1)C(=O)O. The van der Waals surface area contributed by atoms with Crippen LogP contribution in [0, 0.1) is 11.8 Å². The van der Waals surface area contributed by atoms with Crippen molar-refractivity contribution in [2.45, 2.75) is 38.6 Å². The van der Waals surface area contributed by atoms with E-state index in [0.29, 0.717) is 18.9 Å². The molecule has 2 amide bonds. The summed E-state index contributed by atoms with van der Waals surface area (Å²) in [7, 11) is 0. The van der Waals surface area contributed by atoms with Crippen LogP contribution in [-0.2, 0) is 4.79 Å². The molecule has 1 saturated carbocycles. The largest absolute Gasteiger partial charge is 0.480 e. The fourth-order valence-electron chi connectivity index (χ4n) is 2.45. The number of carboxylic acid groups (broad SMARTS) is 1. The number of carbonyl (C=O) groups excluding carboxylic acids is 1. The Morgan fingerprint density at radius 2 is 2.16 bits per heavy atom. The van der Waals surface area contributed by atoms with Gasteiger partial charge < -0.3 is 15.7 Å². The van der Waals surface area contributed by atoms with E-state index in [2.05, 4.69) is 17.6 Å². The van der Waals surface area contributed by atoms with Crippen LogP contribution in [0.15, 0.2) is 0 Å². The molecule has 3 N–H and O–H groups in total. The van der Waals surface area contributed by atoms with Crippen molar-refractivity contribution >= 4 is 23.8 Å². The van der Waals surface area contributed by atoms with Crippen molar-refractivity contribution in [2.75, 3.05) is 18.6 Å². The maximum atomic E-state index is 11.7. The van der Waals surface area contributed by atoms with Crippen LogP contribution < -0.4 is 10.6 Å². The molecule has 1 aliphatic carbocycles. The number of nitrogens with one attached hydrogen (secondary N) is 2.